The lowest BCUT2D eigenvalue weighted by Crippen LogP contribution is -2.73. The van der Waals surface area contributed by atoms with Gasteiger partial charge in [0, 0.05) is 10.8 Å². The lowest BCUT2D eigenvalue weighted by Gasteiger charge is -2.69. The summed E-state index contributed by atoms with van der Waals surface area (Å²) >= 11 is 0. The van der Waals surface area contributed by atoms with E-state index in [0.29, 0.717) is 0 Å². The maximum atomic E-state index is 13.4. The predicted molar refractivity (Wildman–Crippen MR) is 98.9 cm³/mol. The first-order valence-corrected chi connectivity index (χ1v) is 8.82. The van der Waals surface area contributed by atoms with Crippen LogP contribution < -0.4 is 0 Å². The van der Waals surface area contributed by atoms with E-state index in [2.05, 4.69) is 27.7 Å². The second-order valence-corrected chi connectivity index (χ2v) is 9.50. The molecule has 0 N–H and O–H groups in total. The average Bonchev–Trinajstić information content (AvgIpc) is 2.45. The Kier molecular flexibility index (Phi) is 3.96. The maximum Gasteiger partial charge on any atom is 0.145 e. The van der Waals surface area contributed by atoms with E-state index in [0.717, 1.165) is 5.56 Å². The van der Waals surface area contributed by atoms with Crippen LogP contribution in [0.3, 0.4) is 0 Å². The Balaban J connectivity index is 3.04. The van der Waals surface area contributed by atoms with Crippen LogP contribution in [-0.2, 0) is 15.0 Å². The first kappa shape index (κ1) is 18.9. The first-order chi connectivity index (χ1) is 10.7. The van der Waals surface area contributed by atoms with Gasteiger partial charge in [-0.2, -0.15) is 0 Å². The van der Waals surface area contributed by atoms with Gasteiger partial charge in [0.15, 0.2) is 0 Å². The minimum Gasteiger partial charge on any atom is -0.299 e. The largest absolute Gasteiger partial charge is 0.299 e. The van der Waals surface area contributed by atoms with Crippen LogP contribution in [0.5, 0.6) is 0 Å². The summed E-state index contributed by atoms with van der Waals surface area (Å²) in [4.78, 5) is 26.8. The van der Waals surface area contributed by atoms with Gasteiger partial charge in [-0.15, -0.1) is 0 Å². The van der Waals surface area contributed by atoms with E-state index in [4.69, 9.17) is 0 Å². The highest BCUT2D eigenvalue weighted by atomic mass is 16.1. The van der Waals surface area contributed by atoms with Crippen molar-refractivity contribution in [2.45, 2.75) is 67.7 Å². The molecule has 1 aromatic rings. The highest BCUT2D eigenvalue weighted by molar-refractivity contribution is 5.99. The molecule has 1 aliphatic carbocycles. The van der Waals surface area contributed by atoms with Gasteiger partial charge >= 0.3 is 0 Å². The molecular formula is C22H32O2. The summed E-state index contributed by atoms with van der Waals surface area (Å²) in [5.74, 6) is 0.371. The molecule has 2 nitrogen and oxygen atoms in total. The van der Waals surface area contributed by atoms with Crippen LogP contribution in [0.2, 0.25) is 0 Å². The van der Waals surface area contributed by atoms with Gasteiger partial charge in [-0.05, 0) is 23.3 Å². The SMILES string of the molecule is CC(=O)C1(c2ccccc2)C(C)(C)C(C)(C)C(=O)C(C)(C)C1(C)C. The number of rotatable bonds is 2. The lowest BCUT2D eigenvalue weighted by molar-refractivity contribution is -0.192. The first-order valence-electron chi connectivity index (χ1n) is 8.82. The van der Waals surface area contributed by atoms with E-state index in [-0.39, 0.29) is 11.6 Å². The van der Waals surface area contributed by atoms with E-state index in [1.54, 1.807) is 6.92 Å². The molecule has 1 saturated carbocycles. The third kappa shape index (κ3) is 1.78. The van der Waals surface area contributed by atoms with E-state index < -0.39 is 27.1 Å². The Morgan fingerprint density at radius 1 is 0.750 bits per heavy atom. The molecule has 1 fully saturated rings. The standard InChI is InChI=1S/C22H32O2/c1-15(23)22(16-13-11-10-12-14-16)20(6,7)18(2,3)17(24)19(4,5)21(22,8)9/h10-14H,1-9H3. The molecule has 24 heavy (non-hydrogen) atoms. The smallest absolute Gasteiger partial charge is 0.145 e. The summed E-state index contributed by atoms with van der Waals surface area (Å²) < 4.78 is 0. The van der Waals surface area contributed by atoms with Gasteiger partial charge in [0.25, 0.3) is 0 Å². The molecule has 0 radical (unpaired) electrons. The van der Waals surface area contributed by atoms with Crippen molar-refractivity contribution in [2.24, 2.45) is 21.7 Å². The summed E-state index contributed by atoms with van der Waals surface area (Å²) in [5.41, 5.74) is -2.02. The number of hydrogen-bond donors (Lipinski definition) is 0. The molecule has 2 rings (SSSR count). The lowest BCUT2D eigenvalue weighted by atomic mass is 9.31. The Bertz CT molecular complexity index is 645. The van der Waals surface area contributed by atoms with Gasteiger partial charge in [0.2, 0.25) is 0 Å². The van der Waals surface area contributed by atoms with Gasteiger partial charge in [0.05, 0.1) is 5.41 Å². The Morgan fingerprint density at radius 2 is 1.12 bits per heavy atom. The van der Waals surface area contributed by atoms with E-state index >= 15 is 0 Å². The molecule has 1 aromatic carbocycles. The zero-order valence-corrected chi connectivity index (χ0v) is 16.7. The predicted octanol–water partition coefficient (Wildman–Crippen LogP) is 5.20. The fourth-order valence-electron chi connectivity index (χ4n) is 5.56. The maximum absolute atomic E-state index is 13.4. The summed E-state index contributed by atoms with van der Waals surface area (Å²) in [5, 5.41) is 0. The second kappa shape index (κ2) is 5.03. The van der Waals surface area contributed by atoms with Gasteiger partial charge in [-0.25, -0.2) is 0 Å². The molecular weight excluding hydrogens is 296 g/mol. The topological polar surface area (TPSA) is 34.1 Å². The van der Waals surface area contributed by atoms with Crippen LogP contribution in [0.25, 0.3) is 0 Å². The third-order valence-electron chi connectivity index (χ3n) is 7.87. The molecule has 0 aliphatic heterocycles. The molecule has 0 amide bonds. The van der Waals surface area contributed by atoms with Gasteiger partial charge in [-0.1, -0.05) is 85.7 Å². The number of benzene rings is 1. The minimum absolute atomic E-state index is 0.136. The second-order valence-electron chi connectivity index (χ2n) is 9.50. The van der Waals surface area contributed by atoms with Crippen LogP contribution in [-0.4, -0.2) is 11.6 Å². The average molecular weight is 328 g/mol. The van der Waals surface area contributed by atoms with Crippen molar-refractivity contribution in [3.05, 3.63) is 35.9 Å². The van der Waals surface area contributed by atoms with Crippen LogP contribution in [0.15, 0.2) is 30.3 Å². The molecule has 0 aromatic heterocycles. The van der Waals surface area contributed by atoms with Crippen LogP contribution in [0, 0.1) is 21.7 Å². The van der Waals surface area contributed by atoms with Gasteiger partial charge in [0.1, 0.15) is 11.6 Å². The Hall–Kier alpha value is -1.44. The van der Waals surface area contributed by atoms with Crippen LogP contribution in [0.4, 0.5) is 0 Å². The van der Waals surface area contributed by atoms with Gasteiger partial charge < -0.3 is 0 Å². The van der Waals surface area contributed by atoms with E-state index in [9.17, 15) is 9.59 Å². The van der Waals surface area contributed by atoms with E-state index in [1.807, 2.05) is 58.0 Å². The van der Waals surface area contributed by atoms with Crippen molar-refractivity contribution in [1.82, 2.24) is 0 Å². The molecule has 0 heterocycles. The highest BCUT2D eigenvalue weighted by Gasteiger charge is 2.74. The normalized spacial score (nSPS) is 26.0. The zero-order chi connectivity index (χ0) is 18.8. The third-order valence-corrected chi connectivity index (χ3v) is 7.87. The van der Waals surface area contributed by atoms with Crippen molar-refractivity contribution in [1.29, 1.82) is 0 Å². The van der Waals surface area contributed by atoms with E-state index in [1.165, 1.54) is 0 Å². The summed E-state index contributed by atoms with van der Waals surface area (Å²) in [7, 11) is 0. The highest BCUT2D eigenvalue weighted by Crippen LogP contribution is 2.71. The van der Waals surface area contributed by atoms with Crippen molar-refractivity contribution in [3.63, 3.8) is 0 Å². The summed E-state index contributed by atoms with van der Waals surface area (Å²) in [6, 6.07) is 10.0. The number of Topliss-reactive ketones (excluding diaryl/α,β-unsaturated/α-hetero) is 2. The zero-order valence-electron chi connectivity index (χ0n) is 16.7. The monoisotopic (exact) mass is 328 g/mol. The molecule has 0 atom stereocenters. The Morgan fingerprint density at radius 3 is 1.46 bits per heavy atom. The van der Waals surface area contributed by atoms with Gasteiger partial charge in [-0.3, -0.25) is 9.59 Å². The molecule has 0 spiro atoms. The summed E-state index contributed by atoms with van der Waals surface area (Å²) in [6.45, 7) is 18.1. The molecule has 0 bridgehead atoms. The molecule has 0 saturated heterocycles. The van der Waals surface area contributed by atoms with Crippen molar-refractivity contribution in [3.8, 4) is 0 Å². The van der Waals surface area contributed by atoms with Crippen molar-refractivity contribution in [2.75, 3.05) is 0 Å². The minimum atomic E-state index is -0.748. The number of ketones is 2. The molecule has 132 valence electrons. The van der Waals surface area contributed by atoms with Crippen LogP contribution >= 0.6 is 0 Å². The molecule has 0 unspecified atom stereocenters. The molecule has 1 aliphatic rings. The summed E-state index contributed by atoms with van der Waals surface area (Å²) in [6.07, 6.45) is 0. The number of hydrogen-bond acceptors (Lipinski definition) is 2. The number of carbonyl (C=O) groups excluding carboxylic acids is 2. The Labute approximate surface area is 147 Å². The van der Waals surface area contributed by atoms with Crippen LogP contribution in [0.1, 0.15) is 67.9 Å². The fourth-order valence-corrected chi connectivity index (χ4v) is 5.56. The number of carbonyl (C=O) groups is 2. The van der Waals surface area contributed by atoms with Crippen molar-refractivity contribution >= 4 is 11.6 Å². The fraction of sp³-hybridized carbons (Fsp3) is 0.636. The van der Waals surface area contributed by atoms with Crippen molar-refractivity contribution < 1.29 is 9.59 Å². The quantitative estimate of drug-likeness (QED) is 0.747. The molecule has 2 heteroatoms.